The van der Waals surface area contributed by atoms with Crippen molar-refractivity contribution in [3.63, 3.8) is 0 Å². The topological polar surface area (TPSA) is 73.2 Å². The van der Waals surface area contributed by atoms with E-state index in [4.69, 9.17) is 16.3 Å². The SMILES string of the molecule is Cc1nn(-c2ccccc2)c(C)c1CC(=O)OCC(=O)Nc1ccccc1Cl. The van der Waals surface area contributed by atoms with Crippen LogP contribution >= 0.6 is 11.6 Å². The van der Waals surface area contributed by atoms with Crippen molar-refractivity contribution in [2.24, 2.45) is 0 Å². The number of aryl methyl sites for hydroxylation is 1. The first-order valence-corrected chi connectivity index (χ1v) is 9.14. The summed E-state index contributed by atoms with van der Waals surface area (Å²) in [6.07, 6.45) is 0.0455. The molecule has 6 nitrogen and oxygen atoms in total. The van der Waals surface area contributed by atoms with Gasteiger partial charge in [-0.25, -0.2) is 4.68 Å². The fourth-order valence-corrected chi connectivity index (χ4v) is 3.02. The lowest BCUT2D eigenvalue weighted by atomic mass is 10.1. The van der Waals surface area contributed by atoms with Crippen LogP contribution in [0.1, 0.15) is 17.0 Å². The van der Waals surface area contributed by atoms with Gasteiger partial charge in [-0.15, -0.1) is 0 Å². The van der Waals surface area contributed by atoms with Crippen LogP contribution in [-0.4, -0.2) is 28.3 Å². The van der Waals surface area contributed by atoms with Crippen LogP contribution in [-0.2, 0) is 20.7 Å². The van der Waals surface area contributed by atoms with E-state index in [-0.39, 0.29) is 13.0 Å². The number of amides is 1. The number of rotatable bonds is 6. The molecule has 0 fully saturated rings. The average Bonchev–Trinajstić information content (AvgIpc) is 2.97. The summed E-state index contributed by atoms with van der Waals surface area (Å²) in [4.78, 5) is 24.2. The van der Waals surface area contributed by atoms with E-state index >= 15 is 0 Å². The van der Waals surface area contributed by atoms with E-state index in [0.717, 1.165) is 22.6 Å². The second-order valence-electron chi connectivity index (χ2n) is 6.26. The first-order valence-electron chi connectivity index (χ1n) is 8.76. The van der Waals surface area contributed by atoms with Crippen molar-refractivity contribution < 1.29 is 14.3 Å². The van der Waals surface area contributed by atoms with Crippen molar-refractivity contribution in [3.05, 3.63) is 76.6 Å². The predicted molar refractivity (Wildman–Crippen MR) is 108 cm³/mol. The zero-order valence-electron chi connectivity index (χ0n) is 15.6. The molecule has 0 saturated carbocycles. The monoisotopic (exact) mass is 397 g/mol. The van der Waals surface area contributed by atoms with Crippen LogP contribution in [0.5, 0.6) is 0 Å². The van der Waals surface area contributed by atoms with Crippen molar-refractivity contribution in [3.8, 4) is 5.69 Å². The van der Waals surface area contributed by atoms with E-state index < -0.39 is 11.9 Å². The molecule has 3 rings (SSSR count). The van der Waals surface area contributed by atoms with Gasteiger partial charge in [-0.3, -0.25) is 9.59 Å². The molecule has 7 heteroatoms. The van der Waals surface area contributed by atoms with Crippen molar-refractivity contribution >= 4 is 29.2 Å². The number of carbonyl (C=O) groups excluding carboxylic acids is 2. The van der Waals surface area contributed by atoms with Crippen LogP contribution in [0.4, 0.5) is 5.69 Å². The Morgan fingerprint density at radius 2 is 1.75 bits per heavy atom. The highest BCUT2D eigenvalue weighted by molar-refractivity contribution is 6.33. The Morgan fingerprint density at radius 1 is 1.07 bits per heavy atom. The van der Waals surface area contributed by atoms with Gasteiger partial charge in [0.25, 0.3) is 5.91 Å². The highest BCUT2D eigenvalue weighted by atomic mass is 35.5. The molecule has 1 heterocycles. The van der Waals surface area contributed by atoms with Crippen LogP contribution < -0.4 is 5.32 Å². The molecule has 1 amide bonds. The number of aromatic nitrogens is 2. The highest BCUT2D eigenvalue weighted by Crippen LogP contribution is 2.21. The smallest absolute Gasteiger partial charge is 0.310 e. The Bertz CT molecular complexity index is 999. The Hall–Kier alpha value is -3.12. The van der Waals surface area contributed by atoms with Crippen molar-refractivity contribution in [2.45, 2.75) is 20.3 Å². The van der Waals surface area contributed by atoms with Gasteiger partial charge < -0.3 is 10.1 Å². The number of benzene rings is 2. The summed E-state index contributed by atoms with van der Waals surface area (Å²) >= 11 is 5.99. The molecule has 3 aromatic rings. The molecule has 2 aromatic carbocycles. The molecule has 144 valence electrons. The number of hydrogen-bond acceptors (Lipinski definition) is 4. The molecule has 0 bridgehead atoms. The third-order valence-corrected chi connectivity index (χ3v) is 4.60. The highest BCUT2D eigenvalue weighted by Gasteiger charge is 2.17. The molecule has 1 N–H and O–H groups in total. The van der Waals surface area contributed by atoms with Gasteiger partial charge in [-0.05, 0) is 38.1 Å². The normalized spacial score (nSPS) is 10.5. The van der Waals surface area contributed by atoms with E-state index in [1.54, 1.807) is 28.9 Å². The number of anilines is 1. The maximum Gasteiger partial charge on any atom is 0.310 e. The second-order valence-corrected chi connectivity index (χ2v) is 6.67. The Labute approximate surface area is 168 Å². The summed E-state index contributed by atoms with van der Waals surface area (Å²) in [6.45, 7) is 3.37. The van der Waals surface area contributed by atoms with Crippen molar-refractivity contribution in [1.29, 1.82) is 0 Å². The van der Waals surface area contributed by atoms with E-state index in [1.165, 1.54) is 0 Å². The molecule has 0 spiro atoms. The molecular weight excluding hydrogens is 378 g/mol. The Morgan fingerprint density at radius 3 is 2.46 bits per heavy atom. The number of hydrogen-bond donors (Lipinski definition) is 1. The minimum Gasteiger partial charge on any atom is -0.455 e. The van der Waals surface area contributed by atoms with Gasteiger partial charge in [0.05, 0.1) is 28.5 Å². The molecular formula is C21H20ClN3O3. The summed E-state index contributed by atoms with van der Waals surface area (Å²) in [5, 5.41) is 7.54. The zero-order valence-corrected chi connectivity index (χ0v) is 16.4. The van der Waals surface area contributed by atoms with Gasteiger partial charge in [-0.1, -0.05) is 41.9 Å². The number of halogens is 1. The third-order valence-electron chi connectivity index (χ3n) is 4.28. The summed E-state index contributed by atoms with van der Waals surface area (Å²) in [6, 6.07) is 16.5. The maximum absolute atomic E-state index is 12.2. The zero-order chi connectivity index (χ0) is 20.1. The summed E-state index contributed by atoms with van der Waals surface area (Å²) < 4.78 is 6.91. The third kappa shape index (κ3) is 4.58. The summed E-state index contributed by atoms with van der Waals surface area (Å²) in [7, 11) is 0. The number of nitrogens with one attached hydrogen (secondary N) is 1. The van der Waals surface area contributed by atoms with E-state index in [9.17, 15) is 9.59 Å². The van der Waals surface area contributed by atoms with E-state index in [2.05, 4.69) is 10.4 Å². The number of carbonyl (C=O) groups is 2. The van der Waals surface area contributed by atoms with Gasteiger partial charge in [-0.2, -0.15) is 5.10 Å². The van der Waals surface area contributed by atoms with Gasteiger partial charge in [0.15, 0.2) is 6.61 Å². The van der Waals surface area contributed by atoms with Crippen LogP contribution in [0.2, 0.25) is 5.02 Å². The van der Waals surface area contributed by atoms with Gasteiger partial charge in [0.2, 0.25) is 0 Å². The maximum atomic E-state index is 12.2. The summed E-state index contributed by atoms with van der Waals surface area (Å²) in [5.74, 6) is -0.942. The summed E-state index contributed by atoms with van der Waals surface area (Å²) in [5.41, 5.74) is 3.79. The van der Waals surface area contributed by atoms with E-state index in [1.807, 2.05) is 44.2 Å². The van der Waals surface area contributed by atoms with Crippen molar-refractivity contribution in [1.82, 2.24) is 9.78 Å². The molecule has 0 unspecified atom stereocenters. The fourth-order valence-electron chi connectivity index (χ4n) is 2.84. The quantitative estimate of drug-likeness (QED) is 0.641. The number of esters is 1. The lowest BCUT2D eigenvalue weighted by Crippen LogP contribution is -2.22. The predicted octanol–water partition coefficient (Wildman–Crippen LogP) is 3.87. The molecule has 0 saturated heterocycles. The average molecular weight is 398 g/mol. The number of para-hydroxylation sites is 2. The first kappa shape index (κ1) is 19.6. The van der Waals surface area contributed by atoms with Gasteiger partial charge >= 0.3 is 5.97 Å². The first-order chi connectivity index (χ1) is 13.5. The lowest BCUT2D eigenvalue weighted by Gasteiger charge is -2.08. The Kier molecular flexibility index (Phi) is 6.11. The molecule has 0 aliphatic heterocycles. The molecule has 0 atom stereocenters. The molecule has 0 radical (unpaired) electrons. The van der Waals surface area contributed by atoms with Crippen LogP contribution in [0.15, 0.2) is 54.6 Å². The molecule has 1 aromatic heterocycles. The fraction of sp³-hybridized carbons (Fsp3) is 0.190. The second kappa shape index (κ2) is 8.71. The lowest BCUT2D eigenvalue weighted by molar-refractivity contribution is -0.146. The standard InChI is InChI=1S/C21H20ClN3O3/c1-14-17(15(2)25(24-14)16-8-4-3-5-9-16)12-21(27)28-13-20(26)23-19-11-7-6-10-18(19)22/h3-11H,12-13H2,1-2H3,(H,23,26). The largest absolute Gasteiger partial charge is 0.455 e. The minimum absolute atomic E-state index is 0.0455. The molecule has 0 aliphatic rings. The Balaban J connectivity index is 1.60. The van der Waals surface area contributed by atoms with Crippen LogP contribution in [0, 0.1) is 13.8 Å². The number of ether oxygens (including phenoxy) is 1. The molecule has 0 aliphatic carbocycles. The van der Waals surface area contributed by atoms with Crippen molar-refractivity contribution in [2.75, 3.05) is 11.9 Å². The number of nitrogens with zero attached hydrogens (tertiary/aromatic N) is 2. The van der Waals surface area contributed by atoms with Crippen LogP contribution in [0.3, 0.4) is 0 Å². The molecule has 28 heavy (non-hydrogen) atoms. The van der Waals surface area contributed by atoms with E-state index in [0.29, 0.717) is 10.7 Å². The minimum atomic E-state index is -0.492. The van der Waals surface area contributed by atoms with Gasteiger partial charge in [0.1, 0.15) is 0 Å². The van der Waals surface area contributed by atoms with Gasteiger partial charge in [0, 0.05) is 11.3 Å². The van der Waals surface area contributed by atoms with Crippen LogP contribution in [0.25, 0.3) is 5.69 Å².